The summed E-state index contributed by atoms with van der Waals surface area (Å²) in [6.07, 6.45) is 1.89. The van der Waals surface area contributed by atoms with Crippen LogP contribution in [0.5, 0.6) is 11.5 Å². The van der Waals surface area contributed by atoms with Gasteiger partial charge in [-0.2, -0.15) is 0 Å². The summed E-state index contributed by atoms with van der Waals surface area (Å²) in [5, 5.41) is 3.73. The van der Waals surface area contributed by atoms with E-state index in [4.69, 9.17) is 21.1 Å². The molecule has 0 fully saturated rings. The molecule has 2 amide bonds. The number of methoxy groups -OCH3 is 2. The van der Waals surface area contributed by atoms with Crippen molar-refractivity contribution in [1.82, 2.24) is 10.2 Å². The summed E-state index contributed by atoms with van der Waals surface area (Å²) in [7, 11) is 3.21. The van der Waals surface area contributed by atoms with E-state index in [1.165, 1.54) is 0 Å². The average Bonchev–Trinajstić information content (AvgIpc) is 2.67. The molecule has 0 spiro atoms. The number of nitrogens with one attached hydrogen (secondary N) is 1. The van der Waals surface area contributed by atoms with Crippen LogP contribution in [-0.2, 0) is 0 Å². The van der Waals surface area contributed by atoms with Gasteiger partial charge >= 0.3 is 6.03 Å². The van der Waals surface area contributed by atoms with Crippen molar-refractivity contribution in [1.29, 1.82) is 0 Å². The van der Waals surface area contributed by atoms with E-state index >= 15 is 0 Å². The van der Waals surface area contributed by atoms with Crippen molar-refractivity contribution in [2.75, 3.05) is 20.8 Å². The van der Waals surface area contributed by atoms with E-state index in [2.05, 4.69) is 5.32 Å². The summed E-state index contributed by atoms with van der Waals surface area (Å²) in [5.74, 6) is 1.30. The molecule has 0 aliphatic carbocycles. The molecule has 136 valence electrons. The summed E-state index contributed by atoms with van der Waals surface area (Å²) in [4.78, 5) is 14.0. The molecule has 26 heavy (non-hydrogen) atoms. The van der Waals surface area contributed by atoms with Gasteiger partial charge in [0.05, 0.1) is 20.3 Å². The number of hydrogen-bond acceptors (Lipinski definition) is 3. The van der Waals surface area contributed by atoms with Gasteiger partial charge in [-0.25, -0.2) is 4.79 Å². The lowest BCUT2D eigenvalue weighted by Crippen LogP contribution is -2.43. The molecule has 1 N–H and O–H groups in total. The second-order valence-corrected chi connectivity index (χ2v) is 6.31. The van der Waals surface area contributed by atoms with Crippen LogP contribution in [0.15, 0.2) is 48.7 Å². The summed E-state index contributed by atoms with van der Waals surface area (Å²) in [5.41, 5.74) is 2.87. The highest BCUT2D eigenvalue weighted by atomic mass is 35.5. The van der Waals surface area contributed by atoms with Crippen LogP contribution in [0.1, 0.15) is 24.1 Å². The van der Waals surface area contributed by atoms with Gasteiger partial charge in [0.15, 0.2) is 11.5 Å². The van der Waals surface area contributed by atoms with Crippen LogP contribution in [0, 0.1) is 0 Å². The minimum absolute atomic E-state index is 0.128. The fourth-order valence-electron chi connectivity index (χ4n) is 3.00. The summed E-state index contributed by atoms with van der Waals surface area (Å²) in [6.45, 7) is 2.51. The Bertz CT molecular complexity index is 833. The average molecular weight is 373 g/mol. The molecule has 1 unspecified atom stereocenters. The molecule has 0 saturated carbocycles. The highest BCUT2D eigenvalue weighted by Crippen LogP contribution is 2.37. The van der Waals surface area contributed by atoms with E-state index in [9.17, 15) is 4.79 Å². The lowest BCUT2D eigenvalue weighted by Gasteiger charge is -2.32. The Morgan fingerprint density at radius 3 is 2.38 bits per heavy atom. The van der Waals surface area contributed by atoms with Crippen molar-refractivity contribution >= 4 is 23.2 Å². The second-order valence-electron chi connectivity index (χ2n) is 5.87. The fourth-order valence-corrected chi connectivity index (χ4v) is 3.12. The zero-order valence-electron chi connectivity index (χ0n) is 15.0. The smallest absolute Gasteiger partial charge is 0.322 e. The van der Waals surface area contributed by atoms with Gasteiger partial charge in [0.1, 0.15) is 0 Å². The third kappa shape index (κ3) is 3.48. The number of carbonyl (C=O) groups excluding carboxylic acids is 1. The zero-order chi connectivity index (χ0) is 18.7. The maximum atomic E-state index is 12.4. The third-order valence-corrected chi connectivity index (χ3v) is 4.65. The molecular formula is C20H21ClN2O3. The van der Waals surface area contributed by atoms with Crippen molar-refractivity contribution in [2.24, 2.45) is 0 Å². The van der Waals surface area contributed by atoms with Crippen molar-refractivity contribution in [3.8, 4) is 11.5 Å². The van der Waals surface area contributed by atoms with Gasteiger partial charge in [0.2, 0.25) is 0 Å². The Balaban J connectivity index is 2.09. The highest BCUT2D eigenvalue weighted by Gasteiger charge is 2.28. The van der Waals surface area contributed by atoms with Gasteiger partial charge in [0.25, 0.3) is 0 Å². The van der Waals surface area contributed by atoms with E-state index in [1.54, 1.807) is 19.1 Å². The fraction of sp³-hybridized carbons (Fsp3) is 0.250. The van der Waals surface area contributed by atoms with Crippen LogP contribution in [0.2, 0.25) is 5.02 Å². The summed E-state index contributed by atoms with van der Waals surface area (Å²) in [6, 6.07) is 12.8. The molecule has 0 saturated heterocycles. The number of nitrogens with zero attached hydrogens (tertiary/aromatic N) is 1. The first-order valence-electron chi connectivity index (χ1n) is 8.34. The third-order valence-electron chi connectivity index (χ3n) is 4.40. The first-order chi connectivity index (χ1) is 12.6. The monoisotopic (exact) mass is 372 g/mol. The molecule has 0 bridgehead atoms. The lowest BCUT2D eigenvalue weighted by molar-refractivity contribution is 0.212. The van der Waals surface area contributed by atoms with Gasteiger partial charge in [-0.1, -0.05) is 29.8 Å². The zero-order valence-corrected chi connectivity index (χ0v) is 15.7. The molecule has 6 heteroatoms. The molecule has 1 aliphatic rings. The lowest BCUT2D eigenvalue weighted by atomic mass is 9.92. The van der Waals surface area contributed by atoms with Crippen LogP contribution in [0.4, 0.5) is 4.79 Å². The Hall–Kier alpha value is -2.66. The van der Waals surface area contributed by atoms with Crippen molar-refractivity contribution in [2.45, 2.75) is 13.0 Å². The topological polar surface area (TPSA) is 50.8 Å². The number of ether oxygens (including phenoxy) is 2. The number of benzene rings is 2. The predicted octanol–water partition coefficient (Wildman–Crippen LogP) is 4.48. The minimum Gasteiger partial charge on any atom is -0.493 e. The SMILES string of the molecule is CCN1C=C(c2ccc(OC)c(OC)c2)C(c2ccc(Cl)cc2)NC1=O. The molecule has 0 radical (unpaired) electrons. The van der Waals surface area contributed by atoms with Crippen LogP contribution in [0.3, 0.4) is 0 Å². The van der Waals surface area contributed by atoms with Gasteiger partial charge in [-0.05, 0) is 42.3 Å². The number of hydrogen-bond donors (Lipinski definition) is 1. The molecular weight excluding hydrogens is 352 g/mol. The Kier molecular flexibility index (Phi) is 5.38. The van der Waals surface area contributed by atoms with Crippen molar-refractivity contribution < 1.29 is 14.3 Å². The van der Waals surface area contributed by atoms with Crippen LogP contribution >= 0.6 is 11.6 Å². The number of carbonyl (C=O) groups is 1. The van der Waals surface area contributed by atoms with Crippen LogP contribution in [-0.4, -0.2) is 31.7 Å². The van der Waals surface area contributed by atoms with Gasteiger partial charge in [0, 0.05) is 23.3 Å². The van der Waals surface area contributed by atoms with Crippen LogP contribution in [0.25, 0.3) is 5.57 Å². The Morgan fingerprint density at radius 1 is 1.08 bits per heavy atom. The van der Waals surface area contributed by atoms with Crippen molar-refractivity contribution in [3.63, 3.8) is 0 Å². The molecule has 1 heterocycles. The molecule has 2 aromatic rings. The normalized spacial score (nSPS) is 16.8. The largest absolute Gasteiger partial charge is 0.493 e. The van der Waals surface area contributed by atoms with E-state index in [0.717, 1.165) is 16.7 Å². The van der Waals surface area contributed by atoms with Gasteiger partial charge in [-0.15, -0.1) is 0 Å². The Morgan fingerprint density at radius 2 is 1.77 bits per heavy atom. The number of urea groups is 1. The highest BCUT2D eigenvalue weighted by molar-refractivity contribution is 6.30. The molecule has 2 aromatic carbocycles. The van der Waals surface area contributed by atoms with Gasteiger partial charge < -0.3 is 19.7 Å². The molecule has 3 rings (SSSR count). The quantitative estimate of drug-likeness (QED) is 0.841. The number of halogens is 1. The predicted molar refractivity (Wildman–Crippen MR) is 103 cm³/mol. The molecule has 1 atom stereocenters. The first-order valence-corrected chi connectivity index (χ1v) is 8.72. The molecule has 1 aliphatic heterocycles. The van der Waals surface area contributed by atoms with Crippen molar-refractivity contribution in [3.05, 3.63) is 64.8 Å². The number of amides is 2. The van der Waals surface area contributed by atoms with Crippen LogP contribution < -0.4 is 14.8 Å². The van der Waals surface area contributed by atoms with E-state index in [0.29, 0.717) is 23.1 Å². The standard InChI is InChI=1S/C20H21ClN2O3/c1-4-23-12-16(14-7-10-17(25-2)18(11-14)26-3)19(22-20(23)24)13-5-8-15(21)9-6-13/h5-12,19H,4H2,1-3H3,(H,22,24). The maximum Gasteiger partial charge on any atom is 0.322 e. The second kappa shape index (κ2) is 7.70. The van der Waals surface area contributed by atoms with E-state index < -0.39 is 0 Å². The summed E-state index contributed by atoms with van der Waals surface area (Å²) < 4.78 is 10.8. The van der Waals surface area contributed by atoms with E-state index in [-0.39, 0.29) is 12.1 Å². The van der Waals surface area contributed by atoms with Gasteiger partial charge in [-0.3, -0.25) is 0 Å². The van der Waals surface area contributed by atoms with E-state index in [1.807, 2.05) is 55.6 Å². The summed E-state index contributed by atoms with van der Waals surface area (Å²) >= 11 is 6.01. The first kappa shape index (κ1) is 18.1. The number of rotatable bonds is 5. The minimum atomic E-state index is -0.277. The Labute approximate surface area is 158 Å². The maximum absolute atomic E-state index is 12.4. The molecule has 5 nitrogen and oxygen atoms in total. The molecule has 0 aromatic heterocycles.